The number of anilines is 1. The zero-order valence-electron chi connectivity index (χ0n) is 7.46. The third-order valence-electron chi connectivity index (χ3n) is 2.15. The number of hydrogen-bond donors (Lipinski definition) is 2. The lowest BCUT2D eigenvalue weighted by Crippen LogP contribution is -2.07. The van der Waals surface area contributed by atoms with E-state index in [1.54, 1.807) is 12.1 Å². The van der Waals surface area contributed by atoms with Crippen LogP contribution in [0.5, 0.6) is 0 Å². The standard InChI is InChI=1S/C10H10BrNO2/c11-6-1-4-8(10(13)14)9(5-6)12-7-2-3-7/h1,4-5,7,12H,2-3H2,(H,13,14). The topological polar surface area (TPSA) is 49.3 Å². The second-order valence-corrected chi connectivity index (χ2v) is 4.33. The molecule has 0 radical (unpaired) electrons. The van der Waals surface area contributed by atoms with Crippen molar-refractivity contribution in [3.63, 3.8) is 0 Å². The zero-order valence-corrected chi connectivity index (χ0v) is 9.04. The lowest BCUT2D eigenvalue weighted by atomic mass is 10.2. The Bertz CT molecular complexity index is 374. The van der Waals surface area contributed by atoms with Crippen LogP contribution in [0.3, 0.4) is 0 Å². The van der Waals surface area contributed by atoms with Gasteiger partial charge < -0.3 is 10.4 Å². The summed E-state index contributed by atoms with van der Waals surface area (Å²) in [5.74, 6) is -0.888. The van der Waals surface area contributed by atoms with Crippen molar-refractivity contribution in [1.29, 1.82) is 0 Å². The first kappa shape index (κ1) is 9.52. The van der Waals surface area contributed by atoms with E-state index < -0.39 is 5.97 Å². The highest BCUT2D eigenvalue weighted by Gasteiger charge is 2.23. The summed E-state index contributed by atoms with van der Waals surface area (Å²) in [6.45, 7) is 0. The highest BCUT2D eigenvalue weighted by Crippen LogP contribution is 2.28. The number of hydrogen-bond acceptors (Lipinski definition) is 2. The number of carboxylic acids is 1. The Morgan fingerprint density at radius 1 is 1.50 bits per heavy atom. The molecular weight excluding hydrogens is 246 g/mol. The van der Waals surface area contributed by atoms with Crippen molar-refractivity contribution in [3.05, 3.63) is 28.2 Å². The van der Waals surface area contributed by atoms with Gasteiger partial charge in [-0.25, -0.2) is 4.79 Å². The Hall–Kier alpha value is -1.03. The van der Waals surface area contributed by atoms with Gasteiger partial charge in [0.2, 0.25) is 0 Å². The van der Waals surface area contributed by atoms with E-state index in [-0.39, 0.29) is 0 Å². The Kier molecular flexibility index (Phi) is 2.46. The summed E-state index contributed by atoms with van der Waals surface area (Å²) in [5.41, 5.74) is 1.04. The van der Waals surface area contributed by atoms with Crippen LogP contribution >= 0.6 is 15.9 Å². The van der Waals surface area contributed by atoms with Gasteiger partial charge in [0.25, 0.3) is 0 Å². The predicted molar refractivity (Wildman–Crippen MR) is 57.7 cm³/mol. The molecule has 0 aliphatic heterocycles. The number of rotatable bonds is 3. The third kappa shape index (κ3) is 2.07. The first-order valence-corrected chi connectivity index (χ1v) is 5.25. The van der Waals surface area contributed by atoms with Crippen LogP contribution in [0, 0.1) is 0 Å². The molecule has 1 aromatic rings. The van der Waals surface area contributed by atoms with E-state index in [0.29, 0.717) is 17.3 Å². The fraction of sp³-hybridized carbons (Fsp3) is 0.300. The fourth-order valence-corrected chi connectivity index (χ4v) is 1.63. The molecule has 0 amide bonds. The molecule has 2 N–H and O–H groups in total. The number of nitrogens with one attached hydrogen (secondary N) is 1. The normalized spacial score (nSPS) is 15.2. The van der Waals surface area contributed by atoms with Crippen LogP contribution in [0.2, 0.25) is 0 Å². The summed E-state index contributed by atoms with van der Waals surface area (Å²) >= 11 is 3.32. The quantitative estimate of drug-likeness (QED) is 0.874. The van der Waals surface area contributed by atoms with Gasteiger partial charge in [0.15, 0.2) is 0 Å². The minimum atomic E-state index is -0.888. The summed E-state index contributed by atoms with van der Waals surface area (Å²) in [6, 6.07) is 5.61. The molecule has 0 spiro atoms. The first-order chi connectivity index (χ1) is 6.66. The highest BCUT2D eigenvalue weighted by molar-refractivity contribution is 9.10. The molecule has 1 aromatic carbocycles. The monoisotopic (exact) mass is 255 g/mol. The SMILES string of the molecule is O=C(O)c1ccc(Br)cc1NC1CC1. The van der Waals surface area contributed by atoms with Crippen LogP contribution < -0.4 is 5.32 Å². The maximum Gasteiger partial charge on any atom is 0.337 e. The van der Waals surface area contributed by atoms with Gasteiger partial charge in [0.05, 0.1) is 11.3 Å². The number of benzene rings is 1. The Balaban J connectivity index is 2.31. The summed E-state index contributed by atoms with van der Waals surface area (Å²) in [6.07, 6.45) is 2.26. The van der Waals surface area contributed by atoms with Gasteiger partial charge in [-0.3, -0.25) is 0 Å². The van der Waals surface area contributed by atoms with Crippen LogP contribution in [0.15, 0.2) is 22.7 Å². The lowest BCUT2D eigenvalue weighted by molar-refractivity contribution is 0.0698. The van der Waals surface area contributed by atoms with Crippen molar-refractivity contribution in [2.45, 2.75) is 18.9 Å². The molecule has 0 aromatic heterocycles. The highest BCUT2D eigenvalue weighted by atomic mass is 79.9. The van der Waals surface area contributed by atoms with Crippen molar-refractivity contribution in [1.82, 2.24) is 0 Å². The molecular formula is C10H10BrNO2. The van der Waals surface area contributed by atoms with E-state index in [0.717, 1.165) is 17.3 Å². The van der Waals surface area contributed by atoms with Crippen molar-refractivity contribution < 1.29 is 9.90 Å². The first-order valence-electron chi connectivity index (χ1n) is 4.46. The predicted octanol–water partition coefficient (Wildman–Crippen LogP) is 2.72. The van der Waals surface area contributed by atoms with Crippen LogP contribution in [0.4, 0.5) is 5.69 Å². The molecule has 0 bridgehead atoms. The molecule has 1 fully saturated rings. The summed E-state index contributed by atoms with van der Waals surface area (Å²) in [4.78, 5) is 10.9. The Morgan fingerprint density at radius 3 is 2.79 bits per heavy atom. The second kappa shape index (κ2) is 3.61. The summed E-state index contributed by atoms with van der Waals surface area (Å²) in [5, 5.41) is 12.1. The minimum Gasteiger partial charge on any atom is -0.478 e. The average Bonchev–Trinajstić information content (AvgIpc) is 2.87. The van der Waals surface area contributed by atoms with Gasteiger partial charge >= 0.3 is 5.97 Å². The molecule has 1 aliphatic carbocycles. The number of carbonyl (C=O) groups is 1. The van der Waals surface area contributed by atoms with Crippen LogP contribution in [0.25, 0.3) is 0 Å². The number of carboxylic acid groups (broad SMARTS) is 1. The van der Waals surface area contributed by atoms with Crippen molar-refractivity contribution in [2.75, 3.05) is 5.32 Å². The van der Waals surface area contributed by atoms with E-state index in [2.05, 4.69) is 21.2 Å². The van der Waals surface area contributed by atoms with Crippen LogP contribution in [-0.2, 0) is 0 Å². The average molecular weight is 256 g/mol. The molecule has 1 aliphatic rings. The lowest BCUT2D eigenvalue weighted by Gasteiger charge is -2.08. The van der Waals surface area contributed by atoms with Crippen molar-refractivity contribution in [3.8, 4) is 0 Å². The molecule has 2 rings (SSSR count). The van der Waals surface area contributed by atoms with Gasteiger partial charge in [0, 0.05) is 10.5 Å². The van der Waals surface area contributed by atoms with E-state index in [4.69, 9.17) is 5.11 Å². The van der Waals surface area contributed by atoms with Crippen molar-refractivity contribution >= 4 is 27.6 Å². The molecule has 3 nitrogen and oxygen atoms in total. The van der Waals surface area contributed by atoms with Gasteiger partial charge in [-0.2, -0.15) is 0 Å². The third-order valence-corrected chi connectivity index (χ3v) is 2.64. The summed E-state index contributed by atoms with van der Waals surface area (Å²) < 4.78 is 0.894. The zero-order chi connectivity index (χ0) is 10.1. The van der Waals surface area contributed by atoms with E-state index in [1.165, 1.54) is 0 Å². The van der Waals surface area contributed by atoms with Gasteiger partial charge in [0.1, 0.15) is 0 Å². The van der Waals surface area contributed by atoms with E-state index in [1.807, 2.05) is 6.07 Å². The van der Waals surface area contributed by atoms with Gasteiger partial charge in [-0.05, 0) is 31.0 Å². The van der Waals surface area contributed by atoms with Crippen LogP contribution in [0.1, 0.15) is 23.2 Å². The van der Waals surface area contributed by atoms with Crippen molar-refractivity contribution in [2.24, 2.45) is 0 Å². The van der Waals surface area contributed by atoms with E-state index in [9.17, 15) is 4.79 Å². The van der Waals surface area contributed by atoms with Crippen LogP contribution in [-0.4, -0.2) is 17.1 Å². The molecule has 1 saturated carbocycles. The largest absolute Gasteiger partial charge is 0.478 e. The van der Waals surface area contributed by atoms with E-state index >= 15 is 0 Å². The van der Waals surface area contributed by atoms with Gasteiger partial charge in [-0.1, -0.05) is 15.9 Å². The molecule has 0 atom stereocenters. The Morgan fingerprint density at radius 2 is 2.21 bits per heavy atom. The fourth-order valence-electron chi connectivity index (χ4n) is 1.27. The number of halogens is 1. The number of aromatic carboxylic acids is 1. The van der Waals surface area contributed by atoms with Gasteiger partial charge in [-0.15, -0.1) is 0 Å². The minimum absolute atomic E-state index is 0.333. The Labute approximate surface area is 90.3 Å². The maximum absolute atomic E-state index is 10.9. The maximum atomic E-state index is 10.9. The molecule has 4 heteroatoms. The molecule has 0 heterocycles. The molecule has 74 valence electrons. The summed E-state index contributed by atoms with van der Waals surface area (Å²) in [7, 11) is 0. The molecule has 0 unspecified atom stereocenters. The molecule has 14 heavy (non-hydrogen) atoms. The molecule has 0 saturated heterocycles. The second-order valence-electron chi connectivity index (χ2n) is 3.41. The smallest absolute Gasteiger partial charge is 0.337 e.